The number of para-hydroxylation sites is 1. The number of benzene rings is 2. The topological polar surface area (TPSA) is 58.2 Å². The average Bonchev–Trinajstić information content (AvgIpc) is 2.52. The number of hydrogen-bond acceptors (Lipinski definition) is 2. The summed E-state index contributed by atoms with van der Waals surface area (Å²) in [5, 5.41) is 6.10. The van der Waals surface area contributed by atoms with Crippen molar-refractivity contribution in [2.24, 2.45) is 0 Å². The Kier molecular flexibility index (Phi) is 5.99. The lowest BCUT2D eigenvalue weighted by atomic mass is 10.0. The predicted octanol–water partition coefficient (Wildman–Crippen LogP) is 4.74. The van der Waals surface area contributed by atoms with E-state index in [1.165, 1.54) is 0 Å². The molecule has 0 saturated heterocycles. The highest BCUT2D eigenvalue weighted by molar-refractivity contribution is 6.31. The first-order valence-corrected chi connectivity index (χ1v) is 8.20. The maximum atomic E-state index is 12.1. The number of amides is 2. The molecule has 0 aliphatic rings. The van der Waals surface area contributed by atoms with Crippen molar-refractivity contribution in [2.75, 3.05) is 10.6 Å². The van der Waals surface area contributed by atoms with E-state index in [1.54, 1.807) is 18.2 Å². The Labute approximate surface area is 147 Å². The van der Waals surface area contributed by atoms with Crippen molar-refractivity contribution in [3.63, 3.8) is 0 Å². The van der Waals surface area contributed by atoms with Gasteiger partial charge in [0.1, 0.15) is 6.42 Å². The van der Waals surface area contributed by atoms with Gasteiger partial charge >= 0.3 is 0 Å². The Morgan fingerprint density at radius 2 is 1.54 bits per heavy atom. The van der Waals surface area contributed by atoms with Crippen molar-refractivity contribution >= 4 is 34.8 Å². The molecule has 0 aliphatic heterocycles. The first-order chi connectivity index (χ1) is 11.4. The van der Waals surface area contributed by atoms with E-state index in [1.807, 2.05) is 31.2 Å². The van der Waals surface area contributed by atoms with E-state index in [9.17, 15) is 9.59 Å². The molecule has 126 valence electrons. The van der Waals surface area contributed by atoms with Crippen LogP contribution in [0.15, 0.2) is 42.5 Å². The van der Waals surface area contributed by atoms with Gasteiger partial charge in [0, 0.05) is 16.4 Å². The van der Waals surface area contributed by atoms with Crippen LogP contribution in [0.3, 0.4) is 0 Å². The lowest BCUT2D eigenvalue weighted by Gasteiger charge is -2.14. The highest BCUT2D eigenvalue weighted by Crippen LogP contribution is 2.24. The molecule has 2 aromatic rings. The van der Waals surface area contributed by atoms with Crippen LogP contribution in [-0.2, 0) is 9.59 Å². The summed E-state index contributed by atoms with van der Waals surface area (Å²) in [6.45, 7) is 5.93. The van der Waals surface area contributed by atoms with Crippen molar-refractivity contribution < 1.29 is 9.59 Å². The van der Waals surface area contributed by atoms with Crippen molar-refractivity contribution in [1.29, 1.82) is 0 Å². The normalized spacial score (nSPS) is 10.5. The minimum absolute atomic E-state index is 0.252. The molecule has 2 N–H and O–H groups in total. The number of anilines is 2. The molecule has 2 amide bonds. The van der Waals surface area contributed by atoms with Gasteiger partial charge in [-0.15, -0.1) is 0 Å². The van der Waals surface area contributed by atoms with Crippen LogP contribution in [-0.4, -0.2) is 11.8 Å². The fourth-order valence-corrected chi connectivity index (χ4v) is 2.57. The van der Waals surface area contributed by atoms with E-state index in [0.717, 1.165) is 16.8 Å². The molecule has 0 saturated carbocycles. The van der Waals surface area contributed by atoms with Crippen LogP contribution in [0.5, 0.6) is 0 Å². The number of carbonyl (C=O) groups excluding carboxylic acids is 2. The zero-order chi connectivity index (χ0) is 17.7. The number of halogens is 1. The second-order valence-corrected chi connectivity index (χ2v) is 6.33. The van der Waals surface area contributed by atoms with E-state index in [2.05, 4.69) is 24.5 Å². The van der Waals surface area contributed by atoms with Crippen molar-refractivity contribution in [1.82, 2.24) is 0 Å². The van der Waals surface area contributed by atoms with E-state index in [0.29, 0.717) is 10.7 Å². The quantitative estimate of drug-likeness (QED) is 0.770. The molecular weight excluding hydrogens is 324 g/mol. The third-order valence-electron chi connectivity index (χ3n) is 3.72. The van der Waals surface area contributed by atoms with Crippen LogP contribution in [0.2, 0.25) is 5.02 Å². The molecule has 0 radical (unpaired) electrons. The second-order valence-electron chi connectivity index (χ2n) is 5.93. The summed E-state index contributed by atoms with van der Waals surface area (Å²) in [4.78, 5) is 24.2. The Balaban J connectivity index is 2.00. The van der Waals surface area contributed by atoms with E-state index < -0.39 is 0 Å². The van der Waals surface area contributed by atoms with Gasteiger partial charge in [-0.3, -0.25) is 9.59 Å². The molecule has 0 fully saturated rings. The summed E-state index contributed by atoms with van der Waals surface area (Å²) in [7, 11) is 0. The molecular formula is C19H21ClN2O2. The summed E-state index contributed by atoms with van der Waals surface area (Å²) in [5.41, 5.74) is 3.17. The summed E-state index contributed by atoms with van der Waals surface area (Å²) in [6, 6.07) is 12.9. The lowest BCUT2D eigenvalue weighted by molar-refractivity contribution is -0.123. The lowest BCUT2D eigenvalue weighted by Crippen LogP contribution is -2.22. The molecule has 5 heteroatoms. The van der Waals surface area contributed by atoms with E-state index in [-0.39, 0.29) is 24.2 Å². The summed E-state index contributed by atoms with van der Waals surface area (Å²) in [5.74, 6) is -0.440. The number of hydrogen-bond donors (Lipinski definition) is 2. The third-order valence-corrected chi connectivity index (χ3v) is 4.13. The zero-order valence-corrected chi connectivity index (χ0v) is 14.8. The van der Waals surface area contributed by atoms with Gasteiger partial charge in [0.15, 0.2) is 0 Å². The van der Waals surface area contributed by atoms with Crippen LogP contribution in [0.25, 0.3) is 0 Å². The zero-order valence-electron chi connectivity index (χ0n) is 14.0. The molecule has 0 aliphatic carbocycles. The molecule has 4 nitrogen and oxygen atoms in total. The first-order valence-electron chi connectivity index (χ1n) is 7.82. The molecule has 2 aromatic carbocycles. The molecule has 0 aromatic heterocycles. The molecule has 24 heavy (non-hydrogen) atoms. The van der Waals surface area contributed by atoms with Gasteiger partial charge in [-0.05, 0) is 42.2 Å². The van der Waals surface area contributed by atoms with Gasteiger partial charge in [0.2, 0.25) is 11.8 Å². The summed E-state index contributed by atoms with van der Waals surface area (Å²) >= 11 is 6.03. The van der Waals surface area contributed by atoms with Crippen LogP contribution in [0.1, 0.15) is 37.3 Å². The highest BCUT2D eigenvalue weighted by atomic mass is 35.5. The van der Waals surface area contributed by atoms with Gasteiger partial charge in [0.05, 0.1) is 0 Å². The SMILES string of the molecule is Cc1c(Cl)cccc1NC(=O)CC(=O)Nc1ccccc1C(C)C. The van der Waals surface area contributed by atoms with Gasteiger partial charge in [0.25, 0.3) is 0 Å². The van der Waals surface area contributed by atoms with Crippen LogP contribution in [0, 0.1) is 6.92 Å². The largest absolute Gasteiger partial charge is 0.325 e. The molecule has 0 unspecified atom stereocenters. The monoisotopic (exact) mass is 344 g/mol. The second kappa shape index (κ2) is 7.97. The standard InChI is InChI=1S/C19H21ClN2O2/c1-12(2)14-7-4-5-9-17(14)22-19(24)11-18(23)21-16-10-6-8-15(20)13(16)3/h4-10,12H,11H2,1-3H3,(H,21,23)(H,22,24). The molecule has 0 spiro atoms. The molecule has 0 atom stereocenters. The van der Waals surface area contributed by atoms with Crippen molar-refractivity contribution in [3.8, 4) is 0 Å². The smallest absolute Gasteiger partial charge is 0.233 e. The number of rotatable bonds is 5. The fraction of sp³-hybridized carbons (Fsp3) is 0.263. The number of nitrogens with one attached hydrogen (secondary N) is 2. The van der Waals surface area contributed by atoms with Crippen molar-refractivity contribution in [3.05, 3.63) is 58.6 Å². The van der Waals surface area contributed by atoms with Crippen LogP contribution < -0.4 is 10.6 Å². The van der Waals surface area contributed by atoms with Gasteiger partial charge in [-0.2, -0.15) is 0 Å². The van der Waals surface area contributed by atoms with E-state index >= 15 is 0 Å². The Morgan fingerprint density at radius 3 is 2.21 bits per heavy atom. The Hall–Kier alpha value is -2.33. The molecule has 0 bridgehead atoms. The summed E-state index contributed by atoms with van der Waals surface area (Å²) in [6.07, 6.45) is -0.252. The predicted molar refractivity (Wildman–Crippen MR) is 98.6 cm³/mol. The first kappa shape index (κ1) is 18.0. The van der Waals surface area contributed by atoms with Gasteiger partial charge in [-0.1, -0.05) is 49.7 Å². The Bertz CT molecular complexity index is 757. The van der Waals surface area contributed by atoms with Crippen molar-refractivity contribution in [2.45, 2.75) is 33.1 Å². The van der Waals surface area contributed by atoms with Gasteiger partial charge in [-0.25, -0.2) is 0 Å². The van der Waals surface area contributed by atoms with Crippen LogP contribution in [0.4, 0.5) is 11.4 Å². The maximum Gasteiger partial charge on any atom is 0.233 e. The molecule has 2 rings (SSSR count). The fourth-order valence-electron chi connectivity index (χ4n) is 2.39. The summed E-state index contributed by atoms with van der Waals surface area (Å²) < 4.78 is 0. The minimum Gasteiger partial charge on any atom is -0.325 e. The highest BCUT2D eigenvalue weighted by Gasteiger charge is 2.14. The minimum atomic E-state index is -0.375. The maximum absolute atomic E-state index is 12.1. The average molecular weight is 345 g/mol. The van der Waals surface area contributed by atoms with E-state index in [4.69, 9.17) is 11.6 Å². The number of carbonyl (C=O) groups is 2. The Morgan fingerprint density at radius 1 is 0.958 bits per heavy atom. The molecule has 0 heterocycles. The third kappa shape index (κ3) is 4.59. The van der Waals surface area contributed by atoms with Gasteiger partial charge < -0.3 is 10.6 Å². The van der Waals surface area contributed by atoms with Crippen LogP contribution >= 0.6 is 11.6 Å².